The highest BCUT2D eigenvalue weighted by Crippen LogP contribution is 2.47. The van der Waals surface area contributed by atoms with Crippen LogP contribution in [0.2, 0.25) is 5.02 Å². The smallest absolute Gasteiger partial charge is 0.429 e. The first-order valence-electron chi connectivity index (χ1n) is 14.9. The number of carbonyl (C=O) groups is 1. The molecule has 46 heavy (non-hydrogen) atoms. The third-order valence-electron chi connectivity index (χ3n) is 9.29. The molecule has 238 valence electrons. The van der Waals surface area contributed by atoms with Crippen molar-refractivity contribution in [2.45, 2.75) is 43.5 Å². The van der Waals surface area contributed by atoms with E-state index in [1.807, 2.05) is 41.3 Å². The molecule has 7 rings (SSSR count). The number of ether oxygens (including phenoxy) is 1. The molecule has 3 aromatic rings. The van der Waals surface area contributed by atoms with Crippen molar-refractivity contribution in [1.82, 2.24) is 15.3 Å². The number of aliphatic carboxylic acids is 1. The molecule has 0 radical (unpaired) electrons. The van der Waals surface area contributed by atoms with Crippen LogP contribution < -0.4 is 20.7 Å². The van der Waals surface area contributed by atoms with Gasteiger partial charge >= 0.3 is 12.1 Å². The highest BCUT2D eigenvalue weighted by molar-refractivity contribution is 6.33. The van der Waals surface area contributed by atoms with Gasteiger partial charge in [-0.2, -0.15) is 23.1 Å². The summed E-state index contributed by atoms with van der Waals surface area (Å²) in [7, 11) is 0. The minimum Gasteiger partial charge on any atom is -0.480 e. The lowest BCUT2D eigenvalue weighted by Crippen LogP contribution is -2.41. The highest BCUT2D eigenvalue weighted by Gasteiger charge is 2.47. The van der Waals surface area contributed by atoms with Gasteiger partial charge in [0.25, 0.3) is 0 Å². The number of benzene rings is 2. The molecule has 9 nitrogen and oxygen atoms in total. The monoisotopic (exact) mass is 650 g/mol. The molecular formula is C33H30ClF3N6O3. The Balaban J connectivity index is 1.17. The maximum atomic E-state index is 14.9. The summed E-state index contributed by atoms with van der Waals surface area (Å²) in [6.07, 6.45) is 0.232. The molecule has 2 saturated heterocycles. The van der Waals surface area contributed by atoms with Crippen LogP contribution in [0.1, 0.15) is 48.0 Å². The number of allylic oxidation sites excluding steroid dienone is 4. The van der Waals surface area contributed by atoms with Crippen molar-refractivity contribution >= 4 is 46.3 Å². The Morgan fingerprint density at radius 1 is 1.15 bits per heavy atom. The average Bonchev–Trinajstić information content (AvgIpc) is 3.61. The van der Waals surface area contributed by atoms with Gasteiger partial charge in [-0.3, -0.25) is 9.79 Å². The Morgan fingerprint density at radius 3 is 2.67 bits per heavy atom. The fourth-order valence-corrected chi connectivity index (χ4v) is 7.14. The summed E-state index contributed by atoms with van der Waals surface area (Å²) >= 11 is 6.37. The van der Waals surface area contributed by atoms with Crippen LogP contribution in [0.5, 0.6) is 5.88 Å². The molecule has 4 N–H and O–H groups in total. The van der Waals surface area contributed by atoms with Crippen LogP contribution in [0, 0.1) is 5.41 Å². The fraction of sp³-hybridized carbons (Fsp3) is 0.333. The van der Waals surface area contributed by atoms with Gasteiger partial charge in [0.05, 0.1) is 11.4 Å². The van der Waals surface area contributed by atoms with Crippen molar-refractivity contribution in [1.29, 1.82) is 0 Å². The van der Waals surface area contributed by atoms with Crippen molar-refractivity contribution in [3.05, 3.63) is 88.5 Å². The van der Waals surface area contributed by atoms with Gasteiger partial charge in [-0.1, -0.05) is 54.1 Å². The van der Waals surface area contributed by atoms with Gasteiger partial charge in [0, 0.05) is 53.3 Å². The lowest BCUT2D eigenvalue weighted by atomic mass is 9.76. The summed E-state index contributed by atoms with van der Waals surface area (Å²) in [5.74, 6) is -1.66. The number of nitrogens with zero attached hydrogens (tertiary/aromatic N) is 4. The van der Waals surface area contributed by atoms with E-state index in [2.05, 4.69) is 15.3 Å². The third-order valence-corrected chi connectivity index (χ3v) is 9.52. The molecule has 4 aliphatic rings. The molecule has 3 atom stereocenters. The summed E-state index contributed by atoms with van der Waals surface area (Å²) in [6.45, 7) is 1.66. The van der Waals surface area contributed by atoms with Crippen molar-refractivity contribution in [3.63, 3.8) is 0 Å². The van der Waals surface area contributed by atoms with Gasteiger partial charge in [0.1, 0.15) is 11.9 Å². The number of carboxylic acid groups (broad SMARTS) is 1. The number of piperidine rings is 1. The zero-order chi connectivity index (χ0) is 32.2. The van der Waals surface area contributed by atoms with Crippen molar-refractivity contribution < 1.29 is 27.8 Å². The van der Waals surface area contributed by atoms with Crippen LogP contribution in [-0.4, -0.2) is 58.6 Å². The van der Waals surface area contributed by atoms with E-state index in [4.69, 9.17) is 27.1 Å². The minimum atomic E-state index is -4.83. The molecule has 1 aliphatic carbocycles. The lowest BCUT2D eigenvalue weighted by molar-refractivity contribution is -0.198. The van der Waals surface area contributed by atoms with E-state index in [1.165, 1.54) is 24.3 Å². The maximum Gasteiger partial charge on any atom is 0.429 e. The summed E-state index contributed by atoms with van der Waals surface area (Å²) < 4.78 is 50.3. The van der Waals surface area contributed by atoms with Crippen LogP contribution >= 0.6 is 11.6 Å². The SMILES string of the molecule is Nc1nc(O[C@H](c2ccc(Cl)cc2C2C=CC=C3C2=Nc2ccccc23)C(F)(F)F)cc(N2CCC3(CC2)CN[C@H](C(=O)O)C3)n1. The van der Waals surface area contributed by atoms with Gasteiger partial charge in [-0.05, 0) is 48.4 Å². The number of rotatable bonds is 6. The number of hydrogen-bond acceptors (Lipinski definition) is 8. The normalized spacial score (nSPS) is 22.2. The Bertz CT molecular complexity index is 1800. The van der Waals surface area contributed by atoms with Crippen LogP contribution in [0.15, 0.2) is 71.8 Å². The maximum absolute atomic E-state index is 14.9. The van der Waals surface area contributed by atoms with Crippen molar-refractivity contribution in [3.8, 4) is 5.88 Å². The summed E-state index contributed by atoms with van der Waals surface area (Å²) in [5.41, 5.74) is 9.18. The molecular weight excluding hydrogens is 621 g/mol. The predicted octanol–water partition coefficient (Wildman–Crippen LogP) is 6.25. The molecule has 0 amide bonds. The lowest BCUT2D eigenvalue weighted by Gasteiger charge is -2.39. The molecule has 0 bridgehead atoms. The number of para-hydroxylation sites is 1. The Hall–Kier alpha value is -4.42. The quantitative estimate of drug-likeness (QED) is 0.286. The van der Waals surface area contributed by atoms with E-state index in [0.29, 0.717) is 56.0 Å². The van der Waals surface area contributed by atoms with Gasteiger partial charge in [-0.25, -0.2) is 0 Å². The molecule has 1 spiro atoms. The molecule has 0 saturated carbocycles. The minimum absolute atomic E-state index is 0.119. The molecule has 3 aliphatic heterocycles. The Morgan fingerprint density at radius 2 is 1.93 bits per heavy atom. The Kier molecular flexibility index (Phi) is 7.51. The first kappa shape index (κ1) is 30.2. The fourth-order valence-electron chi connectivity index (χ4n) is 6.96. The second-order valence-corrected chi connectivity index (χ2v) is 12.6. The van der Waals surface area contributed by atoms with E-state index in [-0.39, 0.29) is 27.8 Å². The Labute approximate surface area is 267 Å². The van der Waals surface area contributed by atoms with Gasteiger partial charge in [-0.15, -0.1) is 0 Å². The number of alkyl halides is 3. The molecule has 4 heterocycles. The van der Waals surface area contributed by atoms with E-state index >= 15 is 0 Å². The predicted molar refractivity (Wildman–Crippen MR) is 169 cm³/mol. The van der Waals surface area contributed by atoms with E-state index in [9.17, 15) is 23.1 Å². The average molecular weight is 651 g/mol. The number of aliphatic imine (C=N–C) groups is 1. The first-order valence-corrected chi connectivity index (χ1v) is 15.3. The van der Waals surface area contributed by atoms with Crippen molar-refractivity contribution in [2.24, 2.45) is 10.4 Å². The van der Waals surface area contributed by atoms with E-state index < -0.39 is 30.2 Å². The highest BCUT2D eigenvalue weighted by atomic mass is 35.5. The number of hydrogen-bond donors (Lipinski definition) is 3. The third kappa shape index (κ3) is 5.60. The summed E-state index contributed by atoms with van der Waals surface area (Å²) in [6, 6.07) is 12.6. The standard InChI is InChI=1S/C33H30ClF3N6O3/c34-18-8-9-22(23(14-18)21-6-3-5-20-19-4-1-2-7-24(19)40-28(20)21)29(33(35,36)37)46-27-15-26(41-31(38)42-27)43-12-10-32(11-13-43)16-25(30(44)45)39-17-32/h1-9,14-15,21,25,29,39H,10-13,16-17H2,(H,44,45)(H2,38,41,42)/t21?,25-,29+/m0/s1. The van der Waals surface area contributed by atoms with Gasteiger partial charge in [0.2, 0.25) is 17.9 Å². The van der Waals surface area contributed by atoms with Crippen LogP contribution in [-0.2, 0) is 4.79 Å². The number of nitrogen functional groups attached to an aromatic ring is 1. The van der Waals surface area contributed by atoms with Crippen LogP contribution in [0.3, 0.4) is 0 Å². The molecule has 1 unspecified atom stereocenters. The number of anilines is 2. The second-order valence-electron chi connectivity index (χ2n) is 12.2. The number of fused-ring (bicyclic) bond motifs is 3. The van der Waals surface area contributed by atoms with Gasteiger partial charge in [0.15, 0.2) is 0 Å². The number of halogens is 4. The topological polar surface area (TPSA) is 126 Å². The second kappa shape index (κ2) is 11.4. The zero-order valence-corrected chi connectivity index (χ0v) is 25.2. The number of carboxylic acids is 1. The van der Waals surface area contributed by atoms with E-state index in [1.54, 1.807) is 6.08 Å². The van der Waals surface area contributed by atoms with E-state index in [0.717, 1.165) is 16.8 Å². The molecule has 1 aromatic heterocycles. The summed E-state index contributed by atoms with van der Waals surface area (Å²) in [5, 5.41) is 12.8. The van der Waals surface area contributed by atoms with Crippen LogP contribution in [0.4, 0.5) is 30.6 Å². The molecule has 2 fully saturated rings. The van der Waals surface area contributed by atoms with Crippen LogP contribution in [0.25, 0.3) is 5.57 Å². The zero-order valence-electron chi connectivity index (χ0n) is 24.5. The van der Waals surface area contributed by atoms with Gasteiger partial charge < -0.3 is 25.8 Å². The summed E-state index contributed by atoms with van der Waals surface area (Å²) in [4.78, 5) is 26.5. The number of aromatic nitrogens is 2. The molecule has 13 heteroatoms. The largest absolute Gasteiger partial charge is 0.480 e. The van der Waals surface area contributed by atoms with Crippen molar-refractivity contribution in [2.75, 3.05) is 30.3 Å². The number of nitrogens with two attached hydrogens (primary N) is 1. The first-order chi connectivity index (χ1) is 22.0. The molecule has 2 aromatic carbocycles. The number of nitrogens with one attached hydrogen (secondary N) is 1.